The van der Waals surface area contributed by atoms with E-state index in [0.717, 1.165) is 5.75 Å². The van der Waals surface area contributed by atoms with E-state index < -0.39 is 16.8 Å². The molecule has 2 rings (SSSR count). The number of nitrogens with one attached hydrogen (secondary N) is 1. The van der Waals surface area contributed by atoms with Gasteiger partial charge in [0.1, 0.15) is 6.61 Å². The van der Waals surface area contributed by atoms with Gasteiger partial charge in [0.15, 0.2) is 0 Å². The highest BCUT2D eigenvalue weighted by molar-refractivity contribution is 7.99. The fourth-order valence-corrected chi connectivity index (χ4v) is 3.29. The Morgan fingerprint density at radius 2 is 2.16 bits per heavy atom. The predicted molar refractivity (Wildman–Crippen MR) is 95.3 cm³/mol. The summed E-state index contributed by atoms with van der Waals surface area (Å²) in [6.07, 6.45) is -0.0314. The molecule has 25 heavy (non-hydrogen) atoms. The first-order valence-corrected chi connectivity index (χ1v) is 9.10. The van der Waals surface area contributed by atoms with E-state index in [0.29, 0.717) is 17.0 Å². The number of benzene rings is 1. The maximum atomic E-state index is 12.5. The molecule has 1 atom stereocenters. The first kappa shape index (κ1) is 19.0. The molecule has 0 spiro atoms. The minimum absolute atomic E-state index is 0.0314. The van der Waals surface area contributed by atoms with Crippen molar-refractivity contribution >= 4 is 29.3 Å². The predicted octanol–water partition coefficient (Wildman–Crippen LogP) is 2.77. The van der Waals surface area contributed by atoms with Gasteiger partial charge in [-0.3, -0.25) is 14.9 Å². The summed E-state index contributed by atoms with van der Waals surface area (Å²) in [4.78, 5) is 35.3. The van der Waals surface area contributed by atoms with Crippen molar-refractivity contribution in [1.82, 2.24) is 5.32 Å². The molecular weight excluding hydrogens is 344 g/mol. The highest BCUT2D eigenvalue weighted by Gasteiger charge is 2.36. The van der Waals surface area contributed by atoms with E-state index in [1.165, 1.54) is 6.07 Å². The number of thioether (sulfide) groups is 1. The van der Waals surface area contributed by atoms with Crippen LogP contribution in [-0.2, 0) is 14.3 Å². The number of hydrogen-bond acceptors (Lipinski definition) is 6. The molecular formula is C17H20N2O5S. The van der Waals surface area contributed by atoms with Gasteiger partial charge in [-0.25, -0.2) is 4.79 Å². The van der Waals surface area contributed by atoms with Crippen LogP contribution in [0.1, 0.15) is 31.7 Å². The van der Waals surface area contributed by atoms with Crippen LogP contribution in [0.5, 0.6) is 0 Å². The van der Waals surface area contributed by atoms with E-state index in [4.69, 9.17) is 4.74 Å². The lowest BCUT2D eigenvalue weighted by Crippen LogP contribution is -2.34. The molecule has 1 aliphatic heterocycles. The van der Waals surface area contributed by atoms with E-state index in [2.05, 4.69) is 5.32 Å². The number of rotatable bonds is 7. The molecule has 0 unspecified atom stereocenters. The maximum absolute atomic E-state index is 12.5. The minimum atomic E-state index is -0.693. The lowest BCUT2D eigenvalue weighted by Gasteiger charge is -2.26. The Balaban J connectivity index is 2.34. The second-order valence-electron chi connectivity index (χ2n) is 5.49. The van der Waals surface area contributed by atoms with Crippen LogP contribution < -0.4 is 5.32 Å². The molecule has 0 aromatic heterocycles. The number of nitrogens with zero attached hydrogens (tertiary/aromatic N) is 1. The van der Waals surface area contributed by atoms with Gasteiger partial charge < -0.3 is 10.1 Å². The van der Waals surface area contributed by atoms with Crippen LogP contribution in [0.3, 0.4) is 0 Å². The van der Waals surface area contributed by atoms with Gasteiger partial charge in [0.25, 0.3) is 5.69 Å². The lowest BCUT2D eigenvalue weighted by atomic mass is 9.83. The van der Waals surface area contributed by atoms with Gasteiger partial charge in [-0.1, -0.05) is 25.1 Å². The number of esters is 1. The molecule has 8 heteroatoms. The topological polar surface area (TPSA) is 98.5 Å². The van der Waals surface area contributed by atoms with Crippen molar-refractivity contribution in [2.24, 2.45) is 0 Å². The number of allylic oxidation sites excluding steroid dienone is 1. The molecule has 1 N–H and O–H groups in total. The number of carbonyl (C=O) groups is 2. The smallest absolute Gasteiger partial charge is 0.336 e. The Morgan fingerprint density at radius 3 is 2.84 bits per heavy atom. The number of hydrogen-bond donors (Lipinski definition) is 1. The average molecular weight is 364 g/mol. The van der Waals surface area contributed by atoms with Crippen molar-refractivity contribution in [3.63, 3.8) is 0 Å². The van der Waals surface area contributed by atoms with Crippen LogP contribution in [0.15, 0.2) is 35.5 Å². The van der Waals surface area contributed by atoms with Crippen molar-refractivity contribution in [1.29, 1.82) is 0 Å². The SMILES string of the molecule is CCSCCOC(=O)C1=C(C)NC(=O)C[C@@H]1c1ccccc1[N+](=O)[O-]. The van der Waals surface area contributed by atoms with E-state index in [-0.39, 0.29) is 30.2 Å². The highest BCUT2D eigenvalue weighted by Crippen LogP contribution is 2.37. The van der Waals surface area contributed by atoms with Crippen molar-refractivity contribution < 1.29 is 19.2 Å². The number of carbonyl (C=O) groups excluding carboxylic acids is 2. The standard InChI is InChI=1S/C17H20N2O5S/c1-3-25-9-8-24-17(21)16-11(2)18-15(20)10-13(16)12-6-4-5-7-14(12)19(22)23/h4-7,13H,3,8-10H2,1-2H3,(H,18,20)/t13-/m1/s1. The third kappa shape index (κ3) is 4.60. The van der Waals surface area contributed by atoms with Crippen LogP contribution in [0.25, 0.3) is 0 Å². The van der Waals surface area contributed by atoms with Crippen molar-refractivity contribution in [3.8, 4) is 0 Å². The molecule has 1 amide bonds. The zero-order chi connectivity index (χ0) is 18.4. The quantitative estimate of drug-likeness (QED) is 0.346. The minimum Gasteiger partial charge on any atom is -0.461 e. The molecule has 1 aromatic rings. The summed E-state index contributed by atoms with van der Waals surface area (Å²) in [6.45, 7) is 3.88. The Bertz CT molecular complexity index is 717. The molecule has 1 aromatic carbocycles. The summed E-state index contributed by atoms with van der Waals surface area (Å²) in [6, 6.07) is 6.17. The molecule has 0 aliphatic carbocycles. The summed E-state index contributed by atoms with van der Waals surface area (Å²) in [5.41, 5.74) is 0.890. The van der Waals surface area contributed by atoms with Gasteiger partial charge in [-0.15, -0.1) is 0 Å². The van der Waals surface area contributed by atoms with E-state index in [1.54, 1.807) is 36.9 Å². The molecule has 1 heterocycles. The van der Waals surface area contributed by atoms with Crippen LogP contribution in [-0.4, -0.2) is 34.9 Å². The summed E-state index contributed by atoms with van der Waals surface area (Å²) in [5, 5.41) is 13.9. The number of nitro groups is 1. The highest BCUT2D eigenvalue weighted by atomic mass is 32.2. The average Bonchev–Trinajstić information content (AvgIpc) is 2.57. The lowest BCUT2D eigenvalue weighted by molar-refractivity contribution is -0.385. The van der Waals surface area contributed by atoms with Crippen LogP contribution in [0.4, 0.5) is 5.69 Å². The Kier molecular flexibility index (Phi) is 6.58. The molecule has 0 saturated carbocycles. The second-order valence-corrected chi connectivity index (χ2v) is 6.89. The molecule has 134 valence electrons. The van der Waals surface area contributed by atoms with E-state index in [1.807, 2.05) is 6.92 Å². The summed E-state index contributed by atoms with van der Waals surface area (Å²) in [5.74, 6) is 0.0865. The van der Waals surface area contributed by atoms with Gasteiger partial charge in [0.05, 0.1) is 10.5 Å². The van der Waals surface area contributed by atoms with Crippen LogP contribution >= 0.6 is 11.8 Å². The van der Waals surface area contributed by atoms with Gasteiger partial charge in [-0.05, 0) is 12.7 Å². The molecule has 1 aliphatic rings. The largest absolute Gasteiger partial charge is 0.461 e. The first-order chi connectivity index (χ1) is 12.0. The van der Waals surface area contributed by atoms with Crippen molar-refractivity contribution in [2.75, 3.05) is 18.1 Å². The van der Waals surface area contributed by atoms with Crippen molar-refractivity contribution in [2.45, 2.75) is 26.2 Å². The van der Waals surface area contributed by atoms with Gasteiger partial charge in [0.2, 0.25) is 5.91 Å². The Hall–Kier alpha value is -2.35. The number of nitro benzene ring substituents is 1. The maximum Gasteiger partial charge on any atom is 0.336 e. The van der Waals surface area contributed by atoms with Gasteiger partial charge in [-0.2, -0.15) is 11.8 Å². The Morgan fingerprint density at radius 1 is 1.44 bits per heavy atom. The molecule has 0 fully saturated rings. The van der Waals surface area contributed by atoms with Gasteiger partial charge in [0, 0.05) is 35.4 Å². The van der Waals surface area contributed by atoms with Crippen LogP contribution in [0.2, 0.25) is 0 Å². The molecule has 0 saturated heterocycles. The normalized spacial score (nSPS) is 17.2. The molecule has 0 radical (unpaired) electrons. The van der Waals surface area contributed by atoms with Gasteiger partial charge >= 0.3 is 5.97 Å². The fraction of sp³-hybridized carbons (Fsp3) is 0.412. The van der Waals surface area contributed by atoms with Crippen LogP contribution in [0, 0.1) is 10.1 Å². The molecule has 0 bridgehead atoms. The third-order valence-corrected chi connectivity index (χ3v) is 4.73. The second kappa shape index (κ2) is 8.66. The zero-order valence-corrected chi connectivity index (χ0v) is 14.9. The van der Waals surface area contributed by atoms with E-state index >= 15 is 0 Å². The monoisotopic (exact) mass is 364 g/mol. The molecule has 7 nitrogen and oxygen atoms in total. The first-order valence-electron chi connectivity index (χ1n) is 7.94. The number of amides is 1. The zero-order valence-electron chi connectivity index (χ0n) is 14.1. The number of ether oxygens (including phenoxy) is 1. The fourth-order valence-electron chi connectivity index (χ4n) is 2.80. The number of para-hydroxylation sites is 1. The summed E-state index contributed by atoms with van der Waals surface area (Å²) in [7, 11) is 0. The van der Waals surface area contributed by atoms with E-state index in [9.17, 15) is 19.7 Å². The summed E-state index contributed by atoms with van der Waals surface area (Å²) < 4.78 is 5.30. The Labute approximate surface area is 150 Å². The third-order valence-electron chi connectivity index (χ3n) is 3.86. The van der Waals surface area contributed by atoms with Crippen molar-refractivity contribution in [3.05, 3.63) is 51.2 Å². The summed E-state index contributed by atoms with van der Waals surface area (Å²) >= 11 is 1.65.